The fraction of sp³-hybridized carbons (Fsp3) is 1.00. The van der Waals surface area contributed by atoms with Crippen molar-refractivity contribution < 1.29 is 5.11 Å². The fourth-order valence-electron chi connectivity index (χ4n) is 1.33. The summed E-state index contributed by atoms with van der Waals surface area (Å²) in [6.07, 6.45) is 5.42. The third kappa shape index (κ3) is 1.68. The summed E-state index contributed by atoms with van der Waals surface area (Å²) < 4.78 is 0. The first-order valence-corrected chi connectivity index (χ1v) is 4.00. The molecule has 1 nitrogen and oxygen atoms in total. The van der Waals surface area contributed by atoms with Gasteiger partial charge >= 0.3 is 0 Å². The van der Waals surface area contributed by atoms with Crippen LogP contribution in [0.2, 0.25) is 0 Å². The molecule has 1 aliphatic rings. The predicted molar refractivity (Wildman–Crippen MR) is 36.7 cm³/mol. The third-order valence-corrected chi connectivity index (χ3v) is 2.25. The van der Waals surface area contributed by atoms with Crippen molar-refractivity contribution in [2.75, 3.05) is 0 Å². The van der Waals surface area contributed by atoms with E-state index in [1.165, 1.54) is 19.3 Å². The maximum Gasteiger partial charge on any atom is 0.0958 e. The second-order valence-corrected chi connectivity index (χ2v) is 3.02. The lowest BCUT2D eigenvalue weighted by Crippen LogP contribution is -2.25. The molecule has 0 heterocycles. The van der Waals surface area contributed by atoms with Gasteiger partial charge in [-0.1, -0.05) is 19.8 Å². The molecule has 1 fully saturated rings. The highest BCUT2D eigenvalue weighted by atomic mass is 16.3. The van der Waals surface area contributed by atoms with Crippen LogP contribution in [0.4, 0.5) is 0 Å². The van der Waals surface area contributed by atoms with Crippen LogP contribution in [-0.2, 0) is 5.11 Å². The third-order valence-electron chi connectivity index (χ3n) is 2.25. The summed E-state index contributed by atoms with van der Waals surface area (Å²) in [5.74, 6) is 0.546. The van der Waals surface area contributed by atoms with Crippen LogP contribution in [0.5, 0.6) is 0 Å². The molecular formula is C8H15O. The van der Waals surface area contributed by atoms with Gasteiger partial charge in [0.2, 0.25) is 0 Å². The van der Waals surface area contributed by atoms with Gasteiger partial charge in [-0.15, -0.1) is 0 Å². The van der Waals surface area contributed by atoms with Gasteiger partial charge in [-0.3, -0.25) is 0 Å². The maximum atomic E-state index is 11.1. The molecule has 0 saturated heterocycles. The quantitative estimate of drug-likeness (QED) is 0.554. The van der Waals surface area contributed by atoms with Crippen LogP contribution >= 0.6 is 0 Å². The van der Waals surface area contributed by atoms with Crippen LogP contribution in [0.1, 0.15) is 39.0 Å². The van der Waals surface area contributed by atoms with Crippen molar-refractivity contribution in [3.63, 3.8) is 0 Å². The van der Waals surface area contributed by atoms with Gasteiger partial charge in [0.1, 0.15) is 0 Å². The first kappa shape index (κ1) is 7.07. The zero-order valence-corrected chi connectivity index (χ0v) is 6.10. The molecule has 0 aromatic carbocycles. The minimum Gasteiger partial charge on any atom is -0.233 e. The van der Waals surface area contributed by atoms with E-state index in [1.807, 2.05) is 0 Å². The highest BCUT2D eigenvalue weighted by molar-refractivity contribution is 4.75. The lowest BCUT2D eigenvalue weighted by molar-refractivity contribution is -0.00186. The van der Waals surface area contributed by atoms with E-state index in [4.69, 9.17) is 0 Å². The molecule has 1 rings (SSSR count). The van der Waals surface area contributed by atoms with Gasteiger partial charge in [-0.25, -0.2) is 5.11 Å². The van der Waals surface area contributed by atoms with Crippen LogP contribution in [0.15, 0.2) is 0 Å². The summed E-state index contributed by atoms with van der Waals surface area (Å²) in [7, 11) is 0. The first-order valence-electron chi connectivity index (χ1n) is 4.00. The number of rotatable bonds is 3. The first-order chi connectivity index (χ1) is 4.34. The zero-order chi connectivity index (χ0) is 6.69. The Bertz CT molecular complexity index is 76.6. The lowest BCUT2D eigenvalue weighted by Gasteiger charge is -2.28. The molecule has 0 bridgehead atoms. The second kappa shape index (κ2) is 3.21. The van der Waals surface area contributed by atoms with E-state index >= 15 is 0 Å². The Morgan fingerprint density at radius 3 is 2.56 bits per heavy atom. The predicted octanol–water partition coefficient (Wildman–Crippen LogP) is 2.39. The molecule has 9 heavy (non-hydrogen) atoms. The van der Waals surface area contributed by atoms with Crippen LogP contribution < -0.4 is 0 Å². The summed E-state index contributed by atoms with van der Waals surface area (Å²) in [5, 5.41) is 11.1. The molecule has 0 spiro atoms. The van der Waals surface area contributed by atoms with Gasteiger partial charge in [-0.2, -0.15) is 0 Å². The van der Waals surface area contributed by atoms with Gasteiger partial charge in [-0.05, 0) is 25.2 Å². The molecule has 0 aliphatic heterocycles. The van der Waals surface area contributed by atoms with Crippen molar-refractivity contribution in [3.05, 3.63) is 0 Å². The van der Waals surface area contributed by atoms with E-state index in [2.05, 4.69) is 6.92 Å². The SMILES string of the molecule is CCCC([O])C1CCC1. The van der Waals surface area contributed by atoms with E-state index in [9.17, 15) is 5.11 Å². The molecule has 53 valence electrons. The van der Waals surface area contributed by atoms with Gasteiger partial charge in [0.05, 0.1) is 6.10 Å². The Balaban J connectivity index is 2.08. The molecule has 1 heteroatoms. The van der Waals surface area contributed by atoms with E-state index in [1.54, 1.807) is 0 Å². The number of hydrogen-bond acceptors (Lipinski definition) is 0. The highest BCUT2D eigenvalue weighted by Crippen LogP contribution is 2.31. The van der Waals surface area contributed by atoms with Gasteiger partial charge in [0.15, 0.2) is 0 Å². The van der Waals surface area contributed by atoms with Crippen LogP contribution in [0, 0.1) is 5.92 Å². The topological polar surface area (TPSA) is 19.9 Å². The molecule has 1 atom stereocenters. The highest BCUT2D eigenvalue weighted by Gasteiger charge is 2.25. The molecule has 1 saturated carbocycles. The Labute approximate surface area is 57.1 Å². The normalized spacial score (nSPS) is 23.3. The monoisotopic (exact) mass is 127 g/mol. The average molecular weight is 127 g/mol. The molecule has 0 N–H and O–H groups in total. The minimum absolute atomic E-state index is 0.233. The van der Waals surface area contributed by atoms with Crippen LogP contribution in [-0.4, -0.2) is 6.10 Å². The van der Waals surface area contributed by atoms with Crippen molar-refractivity contribution in [2.45, 2.75) is 45.1 Å². The second-order valence-electron chi connectivity index (χ2n) is 3.02. The van der Waals surface area contributed by atoms with Gasteiger partial charge < -0.3 is 0 Å². The van der Waals surface area contributed by atoms with E-state index in [0.717, 1.165) is 12.8 Å². The Hall–Kier alpha value is -0.0400. The Morgan fingerprint density at radius 2 is 2.22 bits per heavy atom. The largest absolute Gasteiger partial charge is 0.233 e. The maximum absolute atomic E-state index is 11.1. The summed E-state index contributed by atoms with van der Waals surface area (Å²) in [4.78, 5) is 0. The van der Waals surface area contributed by atoms with Crippen molar-refractivity contribution in [1.82, 2.24) is 0 Å². The lowest BCUT2D eigenvalue weighted by atomic mass is 9.80. The van der Waals surface area contributed by atoms with Crippen molar-refractivity contribution >= 4 is 0 Å². The van der Waals surface area contributed by atoms with Crippen LogP contribution in [0.3, 0.4) is 0 Å². The summed E-state index contributed by atoms with van der Waals surface area (Å²) in [6, 6.07) is 0. The molecule has 0 amide bonds. The van der Waals surface area contributed by atoms with E-state index in [0.29, 0.717) is 5.92 Å². The van der Waals surface area contributed by atoms with E-state index < -0.39 is 0 Å². The summed E-state index contributed by atoms with van der Waals surface area (Å²) >= 11 is 0. The minimum atomic E-state index is -0.233. The molecular weight excluding hydrogens is 112 g/mol. The average Bonchev–Trinajstić information content (AvgIpc) is 1.60. The summed E-state index contributed by atoms with van der Waals surface area (Å²) in [5.41, 5.74) is 0. The molecule has 1 aliphatic carbocycles. The standard InChI is InChI=1S/C8H15O/c1-2-4-8(9)7-5-3-6-7/h7-8H,2-6H2,1H3. The fourth-order valence-corrected chi connectivity index (χ4v) is 1.33. The summed E-state index contributed by atoms with van der Waals surface area (Å²) in [6.45, 7) is 2.09. The van der Waals surface area contributed by atoms with Crippen molar-refractivity contribution in [3.8, 4) is 0 Å². The van der Waals surface area contributed by atoms with Crippen molar-refractivity contribution in [1.29, 1.82) is 0 Å². The molecule has 1 radical (unpaired) electrons. The Kier molecular flexibility index (Phi) is 2.52. The van der Waals surface area contributed by atoms with Gasteiger partial charge in [0, 0.05) is 0 Å². The molecule has 1 unspecified atom stereocenters. The molecule has 0 aromatic rings. The number of hydrogen-bond donors (Lipinski definition) is 0. The van der Waals surface area contributed by atoms with Crippen LogP contribution in [0.25, 0.3) is 0 Å². The van der Waals surface area contributed by atoms with Gasteiger partial charge in [0.25, 0.3) is 0 Å². The zero-order valence-electron chi connectivity index (χ0n) is 6.10. The van der Waals surface area contributed by atoms with Crippen molar-refractivity contribution in [2.24, 2.45) is 5.92 Å². The molecule has 0 aromatic heterocycles. The smallest absolute Gasteiger partial charge is 0.0958 e. The van der Waals surface area contributed by atoms with E-state index in [-0.39, 0.29) is 6.10 Å². The Morgan fingerprint density at radius 1 is 1.56 bits per heavy atom.